The van der Waals surface area contributed by atoms with E-state index in [9.17, 15) is 23.6 Å². The van der Waals surface area contributed by atoms with Crippen LogP contribution in [0, 0.1) is 22.8 Å². The number of hydrogen-bond donors (Lipinski definition) is 2. The van der Waals surface area contributed by atoms with Gasteiger partial charge in [0, 0.05) is 49.4 Å². The Morgan fingerprint density at radius 1 is 1.13 bits per heavy atom. The van der Waals surface area contributed by atoms with Crippen molar-refractivity contribution >= 4 is 11.8 Å². The number of hydrogen-bond acceptors (Lipinski definition) is 6. The lowest BCUT2D eigenvalue weighted by Crippen LogP contribution is -2.59. The van der Waals surface area contributed by atoms with Gasteiger partial charge >= 0.3 is 0 Å². The molecule has 11 heteroatoms. The number of amides is 2. The largest absolute Gasteiger partial charge is 0.618 e. The van der Waals surface area contributed by atoms with E-state index in [1.54, 1.807) is 18.2 Å². The lowest BCUT2D eigenvalue weighted by Gasteiger charge is -2.45. The molecule has 1 aromatic carbocycles. The first kappa shape index (κ1) is 25.4. The number of nitrogens with one attached hydrogen (secondary N) is 2. The number of halogens is 2. The van der Waals surface area contributed by atoms with Gasteiger partial charge < -0.3 is 20.4 Å². The molecular formula is C28H29F2N5O4. The Hall–Kier alpha value is -3.86. The van der Waals surface area contributed by atoms with Crippen molar-refractivity contribution in [1.82, 2.24) is 20.7 Å². The van der Waals surface area contributed by atoms with Crippen LogP contribution in [0.4, 0.5) is 8.78 Å². The highest BCUT2D eigenvalue weighted by Gasteiger charge is 2.53. The van der Waals surface area contributed by atoms with Crippen molar-refractivity contribution in [1.29, 1.82) is 0 Å². The van der Waals surface area contributed by atoms with Gasteiger partial charge in [-0.3, -0.25) is 14.5 Å². The van der Waals surface area contributed by atoms with E-state index in [2.05, 4.69) is 20.7 Å². The zero-order valence-corrected chi connectivity index (χ0v) is 21.2. The quantitative estimate of drug-likeness (QED) is 0.354. The normalized spacial score (nSPS) is 22.6. The van der Waals surface area contributed by atoms with Crippen molar-refractivity contribution in [2.75, 3.05) is 13.1 Å². The molecule has 3 heterocycles. The molecule has 3 aromatic rings. The van der Waals surface area contributed by atoms with Crippen LogP contribution in [-0.4, -0.2) is 47.0 Å². The van der Waals surface area contributed by atoms with Crippen LogP contribution >= 0.6 is 0 Å². The fourth-order valence-electron chi connectivity index (χ4n) is 5.64. The zero-order chi connectivity index (χ0) is 27.1. The highest BCUT2D eigenvalue weighted by molar-refractivity contribution is 5.94. The Morgan fingerprint density at radius 2 is 1.95 bits per heavy atom. The molecule has 9 nitrogen and oxygen atoms in total. The molecule has 0 spiro atoms. The van der Waals surface area contributed by atoms with Gasteiger partial charge in [0.25, 0.3) is 5.91 Å². The van der Waals surface area contributed by atoms with E-state index in [1.165, 1.54) is 24.8 Å². The lowest BCUT2D eigenvalue weighted by atomic mass is 9.85. The number of pyridine rings is 1. The van der Waals surface area contributed by atoms with Gasteiger partial charge in [0.15, 0.2) is 17.7 Å². The summed E-state index contributed by atoms with van der Waals surface area (Å²) in [6.45, 7) is 1.24. The summed E-state index contributed by atoms with van der Waals surface area (Å²) < 4.78 is 33.4. The van der Waals surface area contributed by atoms with E-state index < -0.39 is 35.0 Å². The maximum atomic E-state index is 14.2. The standard InChI is InChI=1S/C28H29F2N5O4/c29-17-7-8-19(21(30)14-17)24-15-23(33-39-24)27(37)31-22-9-13-34(18-4-3-5-18)16-20(22)26(36)32-28(10-11-28)25-6-1-2-12-35(25)38/h1-2,6-8,12,14-15,18,20,22H,3-5,9-11,13,16H2,(H,31,37)(H,32,36)/t20-,22-/m0/s1. The summed E-state index contributed by atoms with van der Waals surface area (Å²) in [5, 5.41) is 22.2. The van der Waals surface area contributed by atoms with Crippen molar-refractivity contribution in [2.24, 2.45) is 5.92 Å². The molecule has 3 fully saturated rings. The Kier molecular flexibility index (Phi) is 6.54. The van der Waals surface area contributed by atoms with Crippen molar-refractivity contribution in [2.45, 2.75) is 56.1 Å². The molecule has 2 amide bonds. The van der Waals surface area contributed by atoms with E-state index in [0.29, 0.717) is 37.5 Å². The number of carbonyl (C=O) groups is 2. The van der Waals surface area contributed by atoms with Gasteiger partial charge in [0.1, 0.15) is 17.2 Å². The third kappa shape index (κ3) is 4.98. The second-order valence-electron chi connectivity index (χ2n) is 10.7. The van der Waals surface area contributed by atoms with Gasteiger partial charge in [-0.15, -0.1) is 0 Å². The summed E-state index contributed by atoms with van der Waals surface area (Å²) in [4.78, 5) is 29.1. The number of nitrogens with zero attached hydrogens (tertiary/aromatic N) is 3. The van der Waals surface area contributed by atoms with Gasteiger partial charge in [-0.25, -0.2) is 8.78 Å². The summed E-state index contributed by atoms with van der Waals surface area (Å²) >= 11 is 0. The van der Waals surface area contributed by atoms with Crippen LogP contribution in [-0.2, 0) is 10.3 Å². The minimum Gasteiger partial charge on any atom is -0.618 e. The number of rotatable bonds is 7. The third-order valence-electron chi connectivity index (χ3n) is 8.25. The first-order valence-corrected chi connectivity index (χ1v) is 13.3. The van der Waals surface area contributed by atoms with Gasteiger partial charge in [-0.2, -0.15) is 4.73 Å². The minimum absolute atomic E-state index is 0.00352. The topological polar surface area (TPSA) is 114 Å². The molecule has 2 aromatic heterocycles. The number of aromatic nitrogens is 2. The smallest absolute Gasteiger partial charge is 0.273 e. The Labute approximate surface area is 223 Å². The molecule has 0 radical (unpaired) electrons. The third-order valence-corrected chi connectivity index (χ3v) is 8.25. The number of benzene rings is 1. The summed E-state index contributed by atoms with van der Waals surface area (Å²) in [5.74, 6) is -2.85. The van der Waals surface area contributed by atoms with Gasteiger partial charge in [-0.1, -0.05) is 11.6 Å². The maximum absolute atomic E-state index is 14.2. The molecule has 39 heavy (non-hydrogen) atoms. The summed E-state index contributed by atoms with van der Waals surface area (Å²) in [6.07, 6.45) is 6.69. The molecule has 6 rings (SSSR count). The molecule has 204 valence electrons. The Bertz CT molecular complexity index is 1400. The molecule has 3 aliphatic rings. The van der Waals surface area contributed by atoms with Crippen molar-refractivity contribution < 1.29 is 27.6 Å². The molecule has 1 aliphatic heterocycles. The predicted molar refractivity (Wildman–Crippen MR) is 135 cm³/mol. The number of piperidine rings is 1. The fourth-order valence-corrected chi connectivity index (χ4v) is 5.64. The molecule has 2 N–H and O–H groups in total. The van der Waals surface area contributed by atoms with Crippen LogP contribution in [0.15, 0.2) is 53.2 Å². The average Bonchev–Trinajstić information content (AvgIpc) is 3.48. The molecule has 0 bridgehead atoms. The monoisotopic (exact) mass is 537 g/mol. The maximum Gasteiger partial charge on any atom is 0.273 e. The lowest BCUT2D eigenvalue weighted by molar-refractivity contribution is -0.617. The van der Waals surface area contributed by atoms with E-state index in [0.717, 1.165) is 36.2 Å². The van der Waals surface area contributed by atoms with Crippen LogP contribution in [0.2, 0.25) is 0 Å². The second kappa shape index (κ2) is 10.0. The number of likely N-dealkylation sites (tertiary alicyclic amines) is 1. The van der Waals surface area contributed by atoms with Gasteiger partial charge in [0.05, 0.1) is 11.5 Å². The van der Waals surface area contributed by atoms with E-state index >= 15 is 0 Å². The van der Waals surface area contributed by atoms with Crippen molar-refractivity contribution in [3.05, 3.63) is 76.9 Å². The van der Waals surface area contributed by atoms with E-state index in [-0.39, 0.29) is 22.9 Å². The first-order chi connectivity index (χ1) is 18.8. The predicted octanol–water partition coefficient (Wildman–Crippen LogP) is 3.03. The molecular weight excluding hydrogens is 508 g/mol. The molecule has 2 aliphatic carbocycles. The molecule has 2 atom stereocenters. The highest BCUT2D eigenvalue weighted by atomic mass is 19.1. The summed E-state index contributed by atoms with van der Waals surface area (Å²) in [5.41, 5.74) is -0.271. The van der Waals surface area contributed by atoms with Crippen molar-refractivity contribution in [3.8, 4) is 11.3 Å². The SMILES string of the molecule is O=C(N[C@H]1CCN(C2CCC2)C[C@@H]1C(=O)NC1(c2cccc[n+]2[O-])CC1)c1cc(-c2ccc(F)cc2F)on1. The van der Waals surface area contributed by atoms with E-state index in [1.807, 2.05) is 0 Å². The first-order valence-electron chi connectivity index (χ1n) is 13.3. The van der Waals surface area contributed by atoms with E-state index in [4.69, 9.17) is 4.52 Å². The van der Waals surface area contributed by atoms with Crippen LogP contribution in [0.3, 0.4) is 0 Å². The van der Waals surface area contributed by atoms with Crippen LogP contribution < -0.4 is 15.4 Å². The second-order valence-corrected chi connectivity index (χ2v) is 10.7. The van der Waals surface area contributed by atoms with Crippen LogP contribution in [0.1, 0.15) is 54.7 Å². The Balaban J connectivity index is 1.19. The Morgan fingerprint density at radius 3 is 2.64 bits per heavy atom. The van der Waals surface area contributed by atoms with Gasteiger partial charge in [0.2, 0.25) is 11.6 Å². The zero-order valence-electron chi connectivity index (χ0n) is 21.2. The van der Waals surface area contributed by atoms with Crippen LogP contribution in [0.5, 0.6) is 0 Å². The number of carbonyl (C=O) groups excluding carboxylic acids is 2. The highest BCUT2D eigenvalue weighted by Crippen LogP contribution is 2.44. The van der Waals surface area contributed by atoms with Crippen molar-refractivity contribution in [3.63, 3.8) is 0 Å². The average molecular weight is 538 g/mol. The molecule has 0 unspecified atom stereocenters. The molecule has 2 saturated carbocycles. The molecule has 1 saturated heterocycles. The minimum atomic E-state index is -0.829. The summed E-state index contributed by atoms with van der Waals surface area (Å²) in [7, 11) is 0. The van der Waals surface area contributed by atoms with Gasteiger partial charge in [-0.05, 0) is 50.3 Å². The fraction of sp³-hybridized carbons (Fsp3) is 0.429. The van der Waals surface area contributed by atoms with Crippen LogP contribution in [0.25, 0.3) is 11.3 Å². The summed E-state index contributed by atoms with van der Waals surface area (Å²) in [6, 6.07) is 9.47.